The number of likely N-dealkylation sites (tertiary alicyclic amines) is 1. The molecule has 1 atom stereocenters. The molecule has 1 amide bonds. The van der Waals surface area contributed by atoms with Gasteiger partial charge in [-0.1, -0.05) is 25.1 Å². The fourth-order valence-corrected chi connectivity index (χ4v) is 3.50. The summed E-state index contributed by atoms with van der Waals surface area (Å²) in [6, 6.07) is 17.0. The fraction of sp³-hybridized carbons (Fsp3) is 0.273. The van der Waals surface area contributed by atoms with Gasteiger partial charge >= 0.3 is 0 Å². The number of amides is 1. The molecule has 0 radical (unpaired) electrons. The lowest BCUT2D eigenvalue weighted by Crippen LogP contribution is -2.19. The molecule has 2 heterocycles. The van der Waals surface area contributed by atoms with Gasteiger partial charge in [0.25, 0.3) is 5.91 Å². The summed E-state index contributed by atoms with van der Waals surface area (Å²) in [6.07, 6.45) is 0.968. The predicted octanol–water partition coefficient (Wildman–Crippen LogP) is 4.04. The summed E-state index contributed by atoms with van der Waals surface area (Å²) in [7, 11) is 0. The topological polar surface area (TPSA) is 81.6 Å². The highest BCUT2D eigenvalue weighted by atomic mass is 16.5. The second-order valence-corrected chi connectivity index (χ2v) is 6.91. The fourth-order valence-electron chi connectivity index (χ4n) is 3.50. The number of aromatic nitrogens is 1. The molecule has 1 unspecified atom stereocenters. The molecule has 1 fully saturated rings. The Labute approximate surface area is 163 Å². The minimum absolute atomic E-state index is 0.113. The first-order chi connectivity index (χ1) is 13.6. The van der Waals surface area contributed by atoms with E-state index in [0.717, 1.165) is 37.4 Å². The third-order valence-corrected chi connectivity index (χ3v) is 5.04. The maximum atomic E-state index is 11.9. The highest BCUT2D eigenvalue weighted by molar-refractivity contribution is 5.96. The van der Waals surface area contributed by atoms with Gasteiger partial charge in [-0.05, 0) is 55.9 Å². The highest BCUT2D eigenvalue weighted by Gasteiger charge is 2.29. The van der Waals surface area contributed by atoms with Gasteiger partial charge in [0.15, 0.2) is 5.89 Å². The number of nitrogens with zero attached hydrogens (tertiary/aromatic N) is 2. The minimum Gasteiger partial charge on any atom is -0.457 e. The van der Waals surface area contributed by atoms with Gasteiger partial charge in [0.05, 0.1) is 0 Å². The van der Waals surface area contributed by atoms with E-state index in [4.69, 9.17) is 14.9 Å². The number of carbonyl (C=O) groups is 1. The molecular weight excluding hydrogens is 354 g/mol. The number of likely N-dealkylation sites (N-methyl/N-ethyl adjacent to an activating group) is 1. The van der Waals surface area contributed by atoms with Crippen LogP contribution in [0.5, 0.6) is 11.5 Å². The maximum absolute atomic E-state index is 11.9. The Balaban J connectivity index is 1.58. The average molecular weight is 377 g/mol. The number of ether oxygens (including phenoxy) is 1. The lowest BCUT2D eigenvalue weighted by molar-refractivity contribution is 0.0972. The van der Waals surface area contributed by atoms with E-state index in [0.29, 0.717) is 17.3 Å². The molecule has 4 rings (SSSR count). The number of hydrogen-bond acceptors (Lipinski definition) is 5. The Bertz CT molecular complexity index is 951. The lowest BCUT2D eigenvalue weighted by atomic mass is 10.1. The number of hydrogen-bond donors (Lipinski definition) is 1. The molecule has 144 valence electrons. The number of carbonyl (C=O) groups excluding carboxylic acids is 1. The van der Waals surface area contributed by atoms with Crippen LogP contribution < -0.4 is 10.5 Å². The van der Waals surface area contributed by atoms with E-state index >= 15 is 0 Å². The number of primary amides is 1. The molecule has 6 heteroatoms. The summed E-state index contributed by atoms with van der Waals surface area (Å²) in [5.74, 6) is 1.74. The van der Waals surface area contributed by atoms with Crippen molar-refractivity contribution in [3.63, 3.8) is 0 Å². The van der Waals surface area contributed by atoms with Crippen LogP contribution in [0.15, 0.2) is 59.0 Å². The van der Waals surface area contributed by atoms with Crippen molar-refractivity contribution >= 4 is 5.91 Å². The van der Waals surface area contributed by atoms with Crippen LogP contribution in [0, 0.1) is 0 Å². The van der Waals surface area contributed by atoms with Crippen LogP contribution in [0.1, 0.15) is 35.7 Å². The van der Waals surface area contributed by atoms with Crippen molar-refractivity contribution in [2.24, 2.45) is 5.73 Å². The lowest BCUT2D eigenvalue weighted by Gasteiger charge is -2.10. The molecule has 0 spiro atoms. The summed E-state index contributed by atoms with van der Waals surface area (Å²) < 4.78 is 11.6. The third-order valence-electron chi connectivity index (χ3n) is 5.04. The molecule has 6 nitrogen and oxygen atoms in total. The van der Waals surface area contributed by atoms with Crippen molar-refractivity contribution in [2.75, 3.05) is 19.6 Å². The summed E-state index contributed by atoms with van der Waals surface area (Å²) in [4.78, 5) is 18.9. The minimum atomic E-state index is -0.608. The van der Waals surface area contributed by atoms with Crippen LogP contribution in [-0.4, -0.2) is 35.4 Å². The molecule has 0 aliphatic carbocycles. The monoisotopic (exact) mass is 377 g/mol. The van der Waals surface area contributed by atoms with Gasteiger partial charge < -0.3 is 19.8 Å². The number of benzene rings is 2. The molecular formula is C22H23N3O3. The van der Waals surface area contributed by atoms with Crippen molar-refractivity contribution in [3.8, 4) is 22.8 Å². The second kappa shape index (κ2) is 7.86. The van der Waals surface area contributed by atoms with E-state index < -0.39 is 5.91 Å². The van der Waals surface area contributed by atoms with Crippen LogP contribution >= 0.6 is 0 Å². The standard InChI is InChI=1S/C22H23N3O3/c1-2-25-13-12-16(14-25)22-24-19(20(28-22)21(23)26)15-8-10-18(11-9-15)27-17-6-4-3-5-7-17/h3-11,16H,2,12-14H2,1H3,(H2,23,26). The molecule has 1 aliphatic heterocycles. The van der Waals surface area contributed by atoms with Crippen LogP contribution in [0.4, 0.5) is 0 Å². The van der Waals surface area contributed by atoms with Gasteiger partial charge in [0.2, 0.25) is 5.76 Å². The second-order valence-electron chi connectivity index (χ2n) is 6.91. The van der Waals surface area contributed by atoms with Crippen LogP contribution in [0.3, 0.4) is 0 Å². The summed E-state index contributed by atoms with van der Waals surface area (Å²) >= 11 is 0. The van der Waals surface area contributed by atoms with Crippen molar-refractivity contribution < 1.29 is 13.9 Å². The number of nitrogens with two attached hydrogens (primary N) is 1. The van der Waals surface area contributed by atoms with Crippen molar-refractivity contribution in [1.82, 2.24) is 9.88 Å². The Morgan fingerprint density at radius 1 is 1.18 bits per heavy atom. The van der Waals surface area contributed by atoms with Crippen LogP contribution in [-0.2, 0) is 0 Å². The first kappa shape index (κ1) is 18.3. The number of oxazole rings is 1. The molecule has 1 aliphatic rings. The molecule has 2 N–H and O–H groups in total. The van der Waals surface area contributed by atoms with Gasteiger partial charge in [0.1, 0.15) is 17.2 Å². The molecule has 28 heavy (non-hydrogen) atoms. The van der Waals surface area contributed by atoms with E-state index in [1.807, 2.05) is 54.6 Å². The quantitative estimate of drug-likeness (QED) is 0.701. The molecule has 2 aromatic carbocycles. The van der Waals surface area contributed by atoms with E-state index in [1.54, 1.807) is 0 Å². The summed E-state index contributed by atoms with van der Waals surface area (Å²) in [5, 5.41) is 0. The first-order valence-corrected chi connectivity index (χ1v) is 9.50. The number of para-hydroxylation sites is 1. The van der Waals surface area contributed by atoms with Crippen molar-refractivity contribution in [1.29, 1.82) is 0 Å². The zero-order valence-corrected chi connectivity index (χ0v) is 15.8. The maximum Gasteiger partial charge on any atom is 0.286 e. The van der Waals surface area contributed by atoms with E-state index in [-0.39, 0.29) is 11.7 Å². The Hall–Kier alpha value is -3.12. The number of rotatable bonds is 6. The Kier molecular flexibility index (Phi) is 5.12. The van der Waals surface area contributed by atoms with Crippen molar-refractivity contribution in [2.45, 2.75) is 19.3 Å². The Morgan fingerprint density at radius 3 is 2.54 bits per heavy atom. The van der Waals surface area contributed by atoms with E-state index in [2.05, 4.69) is 16.8 Å². The first-order valence-electron chi connectivity index (χ1n) is 9.50. The third kappa shape index (κ3) is 3.77. The normalized spacial score (nSPS) is 17.0. The summed E-state index contributed by atoms with van der Waals surface area (Å²) in [6.45, 7) is 5.03. The molecule has 3 aromatic rings. The zero-order chi connectivity index (χ0) is 19.5. The SMILES string of the molecule is CCN1CCC(c2nc(-c3ccc(Oc4ccccc4)cc3)c(C(N)=O)o2)C1. The van der Waals surface area contributed by atoms with Crippen LogP contribution in [0.25, 0.3) is 11.3 Å². The van der Waals surface area contributed by atoms with Gasteiger partial charge in [-0.3, -0.25) is 4.79 Å². The van der Waals surface area contributed by atoms with Gasteiger partial charge in [0, 0.05) is 18.0 Å². The Morgan fingerprint density at radius 2 is 1.89 bits per heavy atom. The van der Waals surface area contributed by atoms with E-state index in [1.165, 1.54) is 0 Å². The molecule has 0 saturated carbocycles. The van der Waals surface area contributed by atoms with Crippen molar-refractivity contribution in [3.05, 3.63) is 66.2 Å². The average Bonchev–Trinajstić information content (AvgIpc) is 3.36. The van der Waals surface area contributed by atoms with Gasteiger partial charge in [-0.15, -0.1) is 0 Å². The molecule has 1 saturated heterocycles. The summed E-state index contributed by atoms with van der Waals surface area (Å²) in [5.41, 5.74) is 6.80. The molecule has 0 bridgehead atoms. The predicted molar refractivity (Wildman–Crippen MR) is 106 cm³/mol. The van der Waals surface area contributed by atoms with Gasteiger partial charge in [-0.25, -0.2) is 4.98 Å². The van der Waals surface area contributed by atoms with Gasteiger partial charge in [-0.2, -0.15) is 0 Å². The zero-order valence-electron chi connectivity index (χ0n) is 15.8. The largest absolute Gasteiger partial charge is 0.457 e. The molecule has 1 aromatic heterocycles. The van der Waals surface area contributed by atoms with Crippen LogP contribution in [0.2, 0.25) is 0 Å². The smallest absolute Gasteiger partial charge is 0.286 e. The highest BCUT2D eigenvalue weighted by Crippen LogP contribution is 2.33. The van der Waals surface area contributed by atoms with E-state index in [9.17, 15) is 4.79 Å².